The standard InChI is InChI=1S/C15H19F3N2O2/c1-11(15(16,17)18)20-13(21)22-14(7-8-19-10-14)9-12-5-3-2-4-6-12/h2-6,11,19H,7-10H2,1H3,(H,20,21)/t11-,14+/m0/s1. The topological polar surface area (TPSA) is 50.4 Å². The Morgan fingerprint density at radius 1 is 1.41 bits per heavy atom. The number of amides is 1. The van der Waals surface area contributed by atoms with Gasteiger partial charge in [0.25, 0.3) is 0 Å². The van der Waals surface area contributed by atoms with E-state index in [1.807, 2.05) is 35.6 Å². The first-order chi connectivity index (χ1) is 10.3. The van der Waals surface area contributed by atoms with Crippen LogP contribution in [0.1, 0.15) is 18.9 Å². The summed E-state index contributed by atoms with van der Waals surface area (Å²) in [6.07, 6.45) is -4.49. The third kappa shape index (κ3) is 4.37. The third-order valence-electron chi connectivity index (χ3n) is 3.71. The van der Waals surface area contributed by atoms with Gasteiger partial charge in [0, 0.05) is 19.4 Å². The van der Waals surface area contributed by atoms with E-state index in [1.54, 1.807) is 0 Å². The van der Waals surface area contributed by atoms with Gasteiger partial charge in [-0.1, -0.05) is 30.3 Å². The highest BCUT2D eigenvalue weighted by Crippen LogP contribution is 2.26. The molecule has 1 fully saturated rings. The van der Waals surface area contributed by atoms with Crippen LogP contribution < -0.4 is 10.6 Å². The first-order valence-electron chi connectivity index (χ1n) is 7.12. The van der Waals surface area contributed by atoms with Gasteiger partial charge in [-0.05, 0) is 19.0 Å². The molecule has 0 aliphatic carbocycles. The first-order valence-corrected chi connectivity index (χ1v) is 7.12. The normalized spacial score (nSPS) is 23.1. The van der Waals surface area contributed by atoms with E-state index in [2.05, 4.69) is 5.32 Å². The lowest BCUT2D eigenvalue weighted by molar-refractivity contribution is -0.151. The van der Waals surface area contributed by atoms with Crippen LogP contribution >= 0.6 is 0 Å². The Bertz CT molecular complexity index is 499. The van der Waals surface area contributed by atoms with Gasteiger partial charge in [-0.2, -0.15) is 13.2 Å². The fourth-order valence-corrected chi connectivity index (χ4v) is 2.45. The van der Waals surface area contributed by atoms with Crippen molar-refractivity contribution in [2.75, 3.05) is 13.1 Å². The summed E-state index contributed by atoms with van der Waals surface area (Å²) in [6.45, 7) is 1.97. The molecule has 0 unspecified atom stereocenters. The van der Waals surface area contributed by atoms with Gasteiger partial charge < -0.3 is 15.4 Å². The van der Waals surface area contributed by atoms with E-state index in [-0.39, 0.29) is 0 Å². The van der Waals surface area contributed by atoms with Crippen LogP contribution in [0.5, 0.6) is 0 Å². The number of hydrogen-bond donors (Lipinski definition) is 2. The summed E-state index contributed by atoms with van der Waals surface area (Å²) in [5.41, 5.74) is 0.166. The minimum atomic E-state index is -4.49. The summed E-state index contributed by atoms with van der Waals surface area (Å²) >= 11 is 0. The summed E-state index contributed by atoms with van der Waals surface area (Å²) in [5.74, 6) is 0. The van der Waals surface area contributed by atoms with Crippen molar-refractivity contribution in [3.05, 3.63) is 35.9 Å². The van der Waals surface area contributed by atoms with Crippen LogP contribution in [0.25, 0.3) is 0 Å². The Balaban J connectivity index is 2.01. The van der Waals surface area contributed by atoms with Gasteiger partial charge in [-0.25, -0.2) is 4.79 Å². The van der Waals surface area contributed by atoms with Gasteiger partial charge >= 0.3 is 12.3 Å². The molecule has 2 N–H and O–H groups in total. The molecular weight excluding hydrogens is 297 g/mol. The van der Waals surface area contributed by atoms with E-state index in [0.717, 1.165) is 12.5 Å². The number of hydrogen-bond acceptors (Lipinski definition) is 3. The first kappa shape index (κ1) is 16.6. The average molecular weight is 316 g/mol. The average Bonchev–Trinajstić information content (AvgIpc) is 2.86. The lowest BCUT2D eigenvalue weighted by Gasteiger charge is -2.29. The highest BCUT2D eigenvalue weighted by molar-refractivity contribution is 5.68. The highest BCUT2D eigenvalue weighted by atomic mass is 19.4. The lowest BCUT2D eigenvalue weighted by atomic mass is 9.93. The predicted molar refractivity (Wildman–Crippen MR) is 75.5 cm³/mol. The fourth-order valence-electron chi connectivity index (χ4n) is 2.45. The number of rotatable bonds is 4. The third-order valence-corrected chi connectivity index (χ3v) is 3.71. The Morgan fingerprint density at radius 3 is 2.64 bits per heavy atom. The van der Waals surface area contributed by atoms with Crippen LogP contribution in [0.15, 0.2) is 30.3 Å². The van der Waals surface area contributed by atoms with E-state index in [1.165, 1.54) is 0 Å². The van der Waals surface area contributed by atoms with Crippen LogP contribution in [0, 0.1) is 0 Å². The van der Waals surface area contributed by atoms with Crippen LogP contribution in [-0.2, 0) is 11.2 Å². The molecule has 7 heteroatoms. The zero-order valence-corrected chi connectivity index (χ0v) is 12.2. The summed E-state index contributed by atoms with van der Waals surface area (Å²) < 4.78 is 42.8. The maximum Gasteiger partial charge on any atom is 0.408 e. The predicted octanol–water partition coefficient (Wildman–Crippen LogP) is 2.64. The molecule has 0 spiro atoms. The monoisotopic (exact) mass is 316 g/mol. The molecule has 1 aliphatic rings. The van der Waals surface area contributed by atoms with Gasteiger partial charge in [0.2, 0.25) is 0 Å². The quantitative estimate of drug-likeness (QED) is 0.898. The van der Waals surface area contributed by atoms with Gasteiger partial charge in [-0.15, -0.1) is 0 Å². The van der Waals surface area contributed by atoms with Gasteiger partial charge in [0.1, 0.15) is 11.6 Å². The van der Waals surface area contributed by atoms with Crippen molar-refractivity contribution in [2.24, 2.45) is 0 Å². The molecule has 4 nitrogen and oxygen atoms in total. The van der Waals surface area contributed by atoms with Crippen molar-refractivity contribution in [1.82, 2.24) is 10.6 Å². The molecule has 1 amide bonds. The molecule has 0 bridgehead atoms. The second-order valence-corrected chi connectivity index (χ2v) is 5.57. The number of ether oxygens (including phenoxy) is 1. The van der Waals surface area contributed by atoms with Crippen molar-refractivity contribution < 1.29 is 22.7 Å². The van der Waals surface area contributed by atoms with Gasteiger partial charge in [0.15, 0.2) is 0 Å². The lowest BCUT2D eigenvalue weighted by Crippen LogP contribution is -2.48. The fraction of sp³-hybridized carbons (Fsp3) is 0.533. The molecule has 1 aromatic carbocycles. The highest BCUT2D eigenvalue weighted by Gasteiger charge is 2.41. The number of nitrogens with one attached hydrogen (secondary N) is 2. The molecule has 1 saturated heterocycles. The number of carbonyl (C=O) groups is 1. The van der Waals surface area contributed by atoms with E-state index in [9.17, 15) is 18.0 Å². The van der Waals surface area contributed by atoms with Gasteiger partial charge in [-0.3, -0.25) is 0 Å². The van der Waals surface area contributed by atoms with Crippen molar-refractivity contribution in [1.29, 1.82) is 0 Å². The van der Waals surface area contributed by atoms with Gasteiger partial charge in [0.05, 0.1) is 0 Å². The van der Waals surface area contributed by atoms with E-state index >= 15 is 0 Å². The molecule has 0 radical (unpaired) electrons. The second kappa shape index (κ2) is 6.56. The molecular formula is C15H19F3N2O2. The summed E-state index contributed by atoms with van der Waals surface area (Å²) in [6, 6.07) is 7.48. The number of benzene rings is 1. The zero-order valence-electron chi connectivity index (χ0n) is 12.2. The summed E-state index contributed by atoms with van der Waals surface area (Å²) in [4.78, 5) is 11.8. The van der Waals surface area contributed by atoms with Crippen LogP contribution in [0.3, 0.4) is 0 Å². The minimum absolute atomic E-state index is 0.426. The summed E-state index contributed by atoms with van der Waals surface area (Å²) in [7, 11) is 0. The van der Waals surface area contributed by atoms with Crippen LogP contribution in [-0.4, -0.2) is 37.0 Å². The summed E-state index contributed by atoms with van der Waals surface area (Å²) in [5, 5.41) is 4.94. The van der Waals surface area contributed by atoms with Crippen molar-refractivity contribution >= 4 is 6.09 Å². The Labute approximate surface area is 127 Å². The number of alkyl carbamates (subject to hydrolysis) is 1. The molecule has 1 aromatic rings. The maximum absolute atomic E-state index is 12.5. The van der Waals surface area contributed by atoms with E-state index in [0.29, 0.717) is 25.9 Å². The molecule has 122 valence electrons. The maximum atomic E-state index is 12.5. The number of halogens is 3. The SMILES string of the molecule is C[C@H](NC(=O)O[C@@]1(Cc2ccccc2)CCNC1)C(F)(F)F. The number of carbonyl (C=O) groups excluding carboxylic acids is 1. The van der Waals surface area contributed by atoms with E-state index in [4.69, 9.17) is 4.74 Å². The number of alkyl halides is 3. The molecule has 0 saturated carbocycles. The molecule has 2 rings (SSSR count). The molecule has 0 aromatic heterocycles. The zero-order chi connectivity index (χ0) is 16.2. The van der Waals surface area contributed by atoms with Crippen molar-refractivity contribution in [3.8, 4) is 0 Å². The largest absolute Gasteiger partial charge is 0.441 e. The Hall–Kier alpha value is -1.76. The van der Waals surface area contributed by atoms with E-state index < -0.39 is 23.9 Å². The van der Waals surface area contributed by atoms with Crippen LogP contribution in [0.2, 0.25) is 0 Å². The Morgan fingerprint density at radius 2 is 2.09 bits per heavy atom. The van der Waals surface area contributed by atoms with Crippen molar-refractivity contribution in [3.63, 3.8) is 0 Å². The Kier molecular flexibility index (Phi) is 4.95. The van der Waals surface area contributed by atoms with Crippen LogP contribution in [0.4, 0.5) is 18.0 Å². The smallest absolute Gasteiger partial charge is 0.408 e. The second-order valence-electron chi connectivity index (χ2n) is 5.57. The molecule has 22 heavy (non-hydrogen) atoms. The van der Waals surface area contributed by atoms with Crippen molar-refractivity contribution in [2.45, 2.75) is 37.6 Å². The minimum Gasteiger partial charge on any atom is -0.441 e. The molecule has 1 aliphatic heterocycles. The molecule has 1 heterocycles. The molecule has 2 atom stereocenters.